The number of hydrogen-bond donors (Lipinski definition) is 12. The highest BCUT2D eigenvalue weighted by Crippen LogP contribution is 2.50. The van der Waals surface area contributed by atoms with Gasteiger partial charge in [-0.3, -0.25) is 43.0 Å². The van der Waals surface area contributed by atoms with Gasteiger partial charge in [-0.15, -0.1) is 11.0 Å². The number of aliphatic hydroxyl groups excluding tert-OH is 4. The predicted molar refractivity (Wildman–Crippen MR) is 532 cm³/mol. The van der Waals surface area contributed by atoms with Crippen molar-refractivity contribution >= 4 is 156 Å². The number of ether oxygens (including phenoxy) is 13. The lowest BCUT2D eigenvalue weighted by Crippen LogP contribution is -2.66. The third-order valence-corrected chi connectivity index (χ3v) is 31.9. The van der Waals surface area contributed by atoms with Gasteiger partial charge in [-0.1, -0.05) is 141 Å². The zero-order valence-corrected chi connectivity index (χ0v) is 90.0. The average molecular weight is 2290 g/mol. The van der Waals surface area contributed by atoms with Gasteiger partial charge in [-0.25, -0.2) is 14.3 Å². The molecule has 0 spiro atoms. The van der Waals surface area contributed by atoms with E-state index in [1.54, 1.807) is 111 Å². The number of methoxy groups -OCH3 is 5. The summed E-state index contributed by atoms with van der Waals surface area (Å²) < 4.78 is 113. The van der Waals surface area contributed by atoms with Gasteiger partial charge < -0.3 is 119 Å². The molecule has 0 radical (unpaired) electrons. The Balaban J connectivity index is 0.999. The number of amides is 6. The molecule has 4 aliphatic heterocycles. The number of carbonyl (C=O) groups excluding carboxylic acids is 9. The van der Waals surface area contributed by atoms with Gasteiger partial charge in [0.15, 0.2) is 41.9 Å². The van der Waals surface area contributed by atoms with E-state index in [9.17, 15) is 81.7 Å². The Morgan fingerprint density at radius 1 is 0.843 bits per heavy atom. The van der Waals surface area contributed by atoms with Crippen molar-refractivity contribution in [3.05, 3.63) is 79.7 Å². The minimum atomic E-state index is -4.37. The summed E-state index contributed by atoms with van der Waals surface area (Å²) in [6.07, 6.45) is -17.8. The SMILES string of the molecule is CC#C/C=C\C#C[C@H](OC1OC(C)C(NOC2CC(O)C(SC(=O)c3c(C)c(I)c(OC4OC(C)C(O)C(OC)C4O)c(OC)c3OC)C(C)O2)C(O)C1OC1CC(OC)C(N(CC)C(=O)CNC(=O)OCc2ccc(NC(=O)[C@H](C)CC(=O)[C@@H](NC(=O)CCCn3nnc(CBr)c3CBr)C(C)C)cc2)CO1)C1/C(=C\CSSC(C)(C)CC(=O)NCCS(=O)(=O)O)[C@](O)(C(C)C)CC(=O)C1NC(=O)OC. The topological polar surface area (TPSA) is 544 Å². The number of aromatic nitrogens is 3. The molecule has 48 heteroatoms. The molecular weight excluding hydrogens is 2160 g/mol. The van der Waals surface area contributed by atoms with Gasteiger partial charge in [0.2, 0.25) is 40.8 Å². The minimum absolute atomic E-state index is 0.0262. The number of aryl methyl sites for hydroxylation is 1. The number of halogens is 3. The molecule has 5 fully saturated rings. The van der Waals surface area contributed by atoms with E-state index in [1.165, 1.54) is 67.1 Å². The molecule has 12 N–H and O–H groups in total. The first-order chi connectivity index (χ1) is 66.3. The van der Waals surface area contributed by atoms with E-state index in [-0.39, 0.29) is 110 Å². The minimum Gasteiger partial charge on any atom is -0.492 e. The molecule has 19 unspecified atom stereocenters. The van der Waals surface area contributed by atoms with Gasteiger partial charge in [-0.05, 0) is 137 Å². The monoisotopic (exact) mass is 2280 g/mol. The molecule has 41 nitrogen and oxygen atoms in total. The number of nitrogens with one attached hydrogen (secondary N) is 6. The molecule has 5 aliphatic rings. The number of thioether (sulfide) groups is 1. The number of anilines is 1. The standard InChI is InChI=1S/C92H131Br2IN10O31S4/c1-19-21-22-23-24-26-63(71-56(92(119,48(5)6)40-62(108)75(71)100-90(118)127-18)32-35-137-139-91(12,13)41-66(110)96-33-36-140(120,121)122)133-88-82(77(113)74(51(9)131-88)102-136-69-38-61(107)84(53(11)130-69)138-86(116)70-50(8)72(95)80(83(126-17)79(70)124-15)135-87-78(114)81(125-16)76(112)52(10)132-87)134-68-39-64(123-14)59(46-128-68)104(20-2)67(111)44-97-89(117)129-45-54-28-30-55(31-29-54)98-85(115)49(7)37-60(106)73(47(3)4)99-65(109)27-25-34-105-58(43-94)57(42-93)101-103-105/h22-23,28-32,47-49,51-53,59,61,63-64,68-69,71,73-78,81-82,84,87-88,102,107,112-114,119H,20,25,27,33-46H2,1-18H3,(H,96,110)(H,97,117)(H,98,115)(H,99,109)(H,100,118)(H,120,121,122)/b23-22-,56-32+/t49-,51?,52?,53?,59?,61?,63+,64?,68?,69?,71?,73+,74?,75?,76?,77?,78?,81?,82?,84?,87?,88?,92-/m1/s1. The van der Waals surface area contributed by atoms with Gasteiger partial charge in [0, 0.05) is 111 Å². The maximum absolute atomic E-state index is 14.9. The largest absolute Gasteiger partial charge is 0.492 e. The number of hydroxylamine groups is 1. The molecule has 140 heavy (non-hydrogen) atoms. The molecule has 1 aromatic heterocycles. The Hall–Kier alpha value is -6.94. The lowest BCUT2D eigenvalue weighted by atomic mass is 9.64. The van der Waals surface area contributed by atoms with Gasteiger partial charge in [0.05, 0.1) is 114 Å². The first-order valence-electron chi connectivity index (χ1n) is 45.5. The molecule has 6 amide bonds. The molecule has 1 aliphatic carbocycles. The Bertz CT molecular complexity index is 5040. The quantitative estimate of drug-likeness (QED) is 0.00389. The number of nitrogens with zero attached hydrogens (tertiary/aromatic N) is 4. The van der Waals surface area contributed by atoms with Crippen LogP contribution >= 0.6 is 87.8 Å². The normalized spacial score (nSPS) is 27.0. The van der Waals surface area contributed by atoms with Crippen molar-refractivity contribution in [3.8, 4) is 40.9 Å². The highest BCUT2D eigenvalue weighted by molar-refractivity contribution is 14.1. The number of aliphatic hydroxyl groups is 5. The van der Waals surface area contributed by atoms with Crippen LogP contribution in [0.15, 0.2) is 48.1 Å². The van der Waals surface area contributed by atoms with Crippen LogP contribution in [0.1, 0.15) is 161 Å². The summed E-state index contributed by atoms with van der Waals surface area (Å²) in [4.78, 5) is 132. The van der Waals surface area contributed by atoms with Crippen LogP contribution in [-0.2, 0) is 115 Å². The van der Waals surface area contributed by atoms with Crippen molar-refractivity contribution < 1.29 is 148 Å². The van der Waals surface area contributed by atoms with E-state index >= 15 is 0 Å². The molecular formula is C92H131Br2IN10O31S4. The van der Waals surface area contributed by atoms with Crippen LogP contribution in [0.4, 0.5) is 15.3 Å². The van der Waals surface area contributed by atoms with Crippen LogP contribution < -0.4 is 46.3 Å². The van der Waals surface area contributed by atoms with Crippen LogP contribution in [0, 0.1) is 57.8 Å². The molecule has 4 saturated heterocycles. The zero-order chi connectivity index (χ0) is 104. The number of benzene rings is 2. The van der Waals surface area contributed by atoms with Crippen molar-refractivity contribution in [1.29, 1.82) is 0 Å². The molecule has 0 bridgehead atoms. The summed E-state index contributed by atoms with van der Waals surface area (Å²) >= 11 is 9.60. The van der Waals surface area contributed by atoms with Gasteiger partial charge in [0.25, 0.3) is 10.1 Å². The van der Waals surface area contributed by atoms with E-state index in [0.717, 1.165) is 30.3 Å². The van der Waals surface area contributed by atoms with Crippen LogP contribution in [0.2, 0.25) is 0 Å². The Labute approximate surface area is 858 Å². The fraction of sp³-hybridized carbons (Fsp3) is 0.663. The van der Waals surface area contributed by atoms with Crippen molar-refractivity contribution in [3.63, 3.8) is 0 Å². The van der Waals surface area contributed by atoms with E-state index in [4.69, 9.17) is 66.4 Å². The van der Waals surface area contributed by atoms with E-state index < -0.39 is 219 Å². The number of likely N-dealkylation sites (N-methyl/N-ethyl adjacent to an activating group) is 1. The van der Waals surface area contributed by atoms with Crippen LogP contribution in [0.3, 0.4) is 0 Å². The number of allylic oxidation sites excluding steroid dienone is 2. The number of rotatable bonds is 46. The maximum Gasteiger partial charge on any atom is 0.407 e. The molecule has 3 aromatic rings. The van der Waals surface area contributed by atoms with Gasteiger partial charge >= 0.3 is 12.2 Å². The molecule has 2 aromatic carbocycles. The van der Waals surface area contributed by atoms with Gasteiger partial charge in [0.1, 0.15) is 55.8 Å². The van der Waals surface area contributed by atoms with Crippen LogP contribution in [-0.4, -0.2) is 316 Å². The summed E-state index contributed by atoms with van der Waals surface area (Å²) in [6, 6.07) is 1.88. The molecule has 8 rings (SSSR count). The summed E-state index contributed by atoms with van der Waals surface area (Å²) in [6.45, 7) is 21.0. The second kappa shape index (κ2) is 55.6. The smallest absolute Gasteiger partial charge is 0.407 e. The second-order valence-corrected chi connectivity index (χ2v) is 43.3. The zero-order valence-electron chi connectivity index (χ0n) is 81.4. The fourth-order valence-electron chi connectivity index (χ4n) is 16.6. The number of alkyl halides is 2. The average Bonchev–Trinajstić information content (AvgIpc) is 0.749. The lowest BCUT2D eigenvalue weighted by Gasteiger charge is -2.49. The molecule has 780 valence electrons. The predicted octanol–water partition coefficient (Wildman–Crippen LogP) is 7.19. The Morgan fingerprint density at radius 3 is 2.16 bits per heavy atom. The third-order valence-electron chi connectivity index (χ3n) is 24.3. The van der Waals surface area contributed by atoms with Crippen LogP contribution in [0.5, 0.6) is 17.2 Å². The fourth-order valence-corrected chi connectivity index (χ4v) is 22.1. The van der Waals surface area contributed by atoms with Crippen molar-refractivity contribution in [2.24, 2.45) is 23.7 Å². The van der Waals surface area contributed by atoms with Crippen molar-refractivity contribution in [2.45, 2.75) is 291 Å². The summed E-state index contributed by atoms with van der Waals surface area (Å²) in [5, 5.41) is 81.4. The van der Waals surface area contributed by atoms with E-state index in [2.05, 4.69) is 97.9 Å². The Morgan fingerprint density at radius 2 is 1.54 bits per heavy atom. The third kappa shape index (κ3) is 32.3. The first-order valence-corrected chi connectivity index (χ1v) is 53.7. The Kier molecular flexibility index (Phi) is 46.9. The molecule has 5 heterocycles. The highest BCUT2D eigenvalue weighted by atomic mass is 127. The number of carbonyl (C=O) groups is 9. The molecule has 23 atom stereocenters. The maximum atomic E-state index is 14.9. The van der Waals surface area contributed by atoms with Crippen molar-refractivity contribution in [2.75, 3.05) is 78.6 Å². The van der Waals surface area contributed by atoms with Crippen molar-refractivity contribution in [1.82, 2.24) is 46.6 Å². The number of hydrogen-bond acceptors (Lipinski definition) is 36. The summed E-state index contributed by atoms with van der Waals surface area (Å²) in [7, 11) is 4.64. The second-order valence-electron chi connectivity index (χ2n) is 35.3. The molecule has 1 saturated carbocycles. The number of Topliss-reactive ketones (excluding diaryl/α,β-unsaturated/α-hetero) is 2. The number of alkyl carbamates (subject to hydrolysis) is 2. The lowest BCUT2D eigenvalue weighted by molar-refractivity contribution is -0.340. The van der Waals surface area contributed by atoms with Gasteiger partial charge in [-0.2, -0.15) is 13.9 Å². The highest BCUT2D eigenvalue weighted by Gasteiger charge is 2.57. The summed E-state index contributed by atoms with van der Waals surface area (Å²) in [5.74, 6) is 4.95. The first kappa shape index (κ1) is 118. The van der Waals surface area contributed by atoms with E-state index in [1.807, 2.05) is 36.4 Å². The van der Waals surface area contributed by atoms with E-state index in [0.29, 0.717) is 44.0 Å². The summed E-state index contributed by atoms with van der Waals surface area (Å²) in [5.41, 5.74) is 4.10. The number of ketones is 2. The van der Waals surface area contributed by atoms with Crippen LogP contribution in [0.25, 0.3) is 0 Å².